The number of halogens is 1. The van der Waals surface area contributed by atoms with Gasteiger partial charge in [0.15, 0.2) is 0 Å². The van der Waals surface area contributed by atoms with Crippen molar-refractivity contribution < 1.29 is 14.6 Å². The lowest BCUT2D eigenvalue weighted by Gasteiger charge is -2.10. The molecule has 0 saturated carbocycles. The molecule has 1 heterocycles. The molecule has 92 valence electrons. The number of phenols is 1. The Kier molecular flexibility index (Phi) is 3.86. The van der Waals surface area contributed by atoms with Crippen LogP contribution in [0.25, 0.3) is 0 Å². The minimum atomic E-state index is -0.266. The predicted octanol–water partition coefficient (Wildman–Crippen LogP) is 1.81. The van der Waals surface area contributed by atoms with Crippen LogP contribution in [0, 0.1) is 5.92 Å². The Morgan fingerprint density at radius 3 is 3.12 bits per heavy atom. The smallest absolute Gasteiger partial charge is 0.252 e. The number of amides is 1. The second-order valence-corrected chi connectivity index (χ2v) is 4.51. The number of nitrogens with one attached hydrogen (secondary N) is 1. The van der Waals surface area contributed by atoms with Crippen molar-refractivity contribution in [1.29, 1.82) is 0 Å². The van der Waals surface area contributed by atoms with E-state index in [1.807, 2.05) is 0 Å². The van der Waals surface area contributed by atoms with Gasteiger partial charge < -0.3 is 15.2 Å². The molecule has 1 aliphatic rings. The van der Waals surface area contributed by atoms with Crippen LogP contribution >= 0.6 is 11.6 Å². The first-order valence-corrected chi connectivity index (χ1v) is 5.89. The minimum absolute atomic E-state index is 0.0312. The van der Waals surface area contributed by atoms with Crippen LogP contribution in [0.4, 0.5) is 0 Å². The Balaban J connectivity index is 1.96. The largest absolute Gasteiger partial charge is 0.508 e. The highest BCUT2D eigenvalue weighted by Gasteiger charge is 2.17. The van der Waals surface area contributed by atoms with Gasteiger partial charge in [-0.2, -0.15) is 0 Å². The molecular weight excluding hydrogens is 242 g/mol. The Morgan fingerprint density at radius 1 is 1.59 bits per heavy atom. The van der Waals surface area contributed by atoms with Crippen molar-refractivity contribution in [1.82, 2.24) is 5.32 Å². The lowest BCUT2D eigenvalue weighted by Crippen LogP contribution is -2.29. The summed E-state index contributed by atoms with van der Waals surface area (Å²) in [6.45, 7) is 2.02. The Bertz CT molecular complexity index is 416. The number of carbonyl (C=O) groups excluding carboxylic acids is 1. The zero-order chi connectivity index (χ0) is 12.3. The standard InChI is InChI=1S/C12H14ClNO3/c13-11-2-1-9(15)5-10(11)12(16)14-6-8-3-4-17-7-8/h1-2,5,8,15H,3-4,6-7H2,(H,14,16). The molecule has 1 aromatic rings. The van der Waals surface area contributed by atoms with E-state index in [0.717, 1.165) is 13.0 Å². The lowest BCUT2D eigenvalue weighted by molar-refractivity contribution is 0.0944. The molecule has 0 bridgehead atoms. The van der Waals surface area contributed by atoms with E-state index in [1.165, 1.54) is 18.2 Å². The molecule has 0 aromatic heterocycles. The molecule has 1 saturated heterocycles. The normalized spacial score (nSPS) is 19.2. The monoisotopic (exact) mass is 255 g/mol. The third kappa shape index (κ3) is 3.11. The number of hydrogen-bond donors (Lipinski definition) is 2. The summed E-state index contributed by atoms with van der Waals surface area (Å²) in [7, 11) is 0. The number of benzene rings is 1. The molecule has 1 aliphatic heterocycles. The van der Waals surface area contributed by atoms with Crippen molar-refractivity contribution in [2.75, 3.05) is 19.8 Å². The Labute approximate surface area is 105 Å². The molecule has 0 aliphatic carbocycles. The summed E-state index contributed by atoms with van der Waals surface area (Å²) in [5, 5.41) is 12.4. The molecule has 4 nitrogen and oxygen atoms in total. The van der Waals surface area contributed by atoms with Crippen LogP contribution in [0.3, 0.4) is 0 Å². The fourth-order valence-electron chi connectivity index (χ4n) is 1.76. The van der Waals surface area contributed by atoms with Crippen LogP contribution < -0.4 is 5.32 Å². The Hall–Kier alpha value is -1.26. The Morgan fingerprint density at radius 2 is 2.41 bits per heavy atom. The summed E-state index contributed by atoms with van der Waals surface area (Å²) < 4.78 is 5.22. The van der Waals surface area contributed by atoms with Crippen molar-refractivity contribution in [3.05, 3.63) is 28.8 Å². The van der Waals surface area contributed by atoms with E-state index in [2.05, 4.69) is 5.32 Å². The maximum atomic E-state index is 11.8. The van der Waals surface area contributed by atoms with Crippen LogP contribution in [-0.4, -0.2) is 30.8 Å². The first-order valence-electron chi connectivity index (χ1n) is 5.51. The number of hydrogen-bond acceptors (Lipinski definition) is 3. The van der Waals surface area contributed by atoms with Gasteiger partial charge in [0.1, 0.15) is 5.75 Å². The van der Waals surface area contributed by atoms with Gasteiger partial charge >= 0.3 is 0 Å². The summed E-state index contributed by atoms with van der Waals surface area (Å²) in [6.07, 6.45) is 0.966. The lowest BCUT2D eigenvalue weighted by atomic mass is 10.1. The van der Waals surface area contributed by atoms with Crippen LogP contribution in [0.1, 0.15) is 16.8 Å². The molecule has 1 amide bonds. The first-order chi connectivity index (χ1) is 8.16. The predicted molar refractivity (Wildman–Crippen MR) is 64.4 cm³/mol. The average Bonchev–Trinajstić information content (AvgIpc) is 2.82. The summed E-state index contributed by atoms with van der Waals surface area (Å²) in [6, 6.07) is 4.32. The van der Waals surface area contributed by atoms with E-state index < -0.39 is 0 Å². The van der Waals surface area contributed by atoms with Crippen LogP contribution in [0.5, 0.6) is 5.75 Å². The molecular formula is C12H14ClNO3. The van der Waals surface area contributed by atoms with Gasteiger partial charge in [-0.25, -0.2) is 0 Å². The highest BCUT2D eigenvalue weighted by Crippen LogP contribution is 2.21. The van der Waals surface area contributed by atoms with E-state index in [0.29, 0.717) is 29.7 Å². The van der Waals surface area contributed by atoms with Gasteiger partial charge in [0.25, 0.3) is 5.91 Å². The number of rotatable bonds is 3. The van der Waals surface area contributed by atoms with Gasteiger partial charge in [-0.3, -0.25) is 4.79 Å². The second kappa shape index (κ2) is 5.38. The number of carbonyl (C=O) groups is 1. The van der Waals surface area contributed by atoms with E-state index in [1.54, 1.807) is 0 Å². The highest BCUT2D eigenvalue weighted by atomic mass is 35.5. The quantitative estimate of drug-likeness (QED) is 0.866. The number of phenolic OH excluding ortho intramolecular Hbond substituents is 1. The molecule has 17 heavy (non-hydrogen) atoms. The fraction of sp³-hybridized carbons (Fsp3) is 0.417. The van der Waals surface area contributed by atoms with Crippen LogP contribution in [0.2, 0.25) is 5.02 Å². The van der Waals surface area contributed by atoms with Gasteiger partial charge in [0, 0.05) is 19.1 Å². The van der Waals surface area contributed by atoms with Crippen molar-refractivity contribution in [2.24, 2.45) is 5.92 Å². The molecule has 1 unspecified atom stereocenters. The summed E-state index contributed by atoms with van der Waals surface area (Å²) in [5.74, 6) is 0.136. The van der Waals surface area contributed by atoms with Crippen molar-refractivity contribution >= 4 is 17.5 Å². The molecule has 5 heteroatoms. The van der Waals surface area contributed by atoms with E-state index >= 15 is 0 Å². The zero-order valence-corrected chi connectivity index (χ0v) is 10.0. The molecule has 1 atom stereocenters. The molecule has 2 N–H and O–H groups in total. The highest BCUT2D eigenvalue weighted by molar-refractivity contribution is 6.33. The summed E-state index contributed by atoms with van der Waals surface area (Å²) in [5.41, 5.74) is 0.297. The van der Waals surface area contributed by atoms with Gasteiger partial charge in [0.05, 0.1) is 17.2 Å². The van der Waals surface area contributed by atoms with E-state index in [-0.39, 0.29) is 11.7 Å². The first kappa shape index (κ1) is 12.2. The molecule has 0 radical (unpaired) electrons. The summed E-state index contributed by atoms with van der Waals surface area (Å²) in [4.78, 5) is 11.8. The van der Waals surface area contributed by atoms with Crippen LogP contribution in [-0.2, 0) is 4.74 Å². The van der Waals surface area contributed by atoms with E-state index in [4.69, 9.17) is 16.3 Å². The number of aromatic hydroxyl groups is 1. The van der Waals surface area contributed by atoms with Crippen molar-refractivity contribution in [3.63, 3.8) is 0 Å². The SMILES string of the molecule is O=C(NCC1CCOC1)c1cc(O)ccc1Cl. The average molecular weight is 256 g/mol. The maximum absolute atomic E-state index is 11.8. The second-order valence-electron chi connectivity index (χ2n) is 4.10. The fourth-order valence-corrected chi connectivity index (χ4v) is 1.97. The minimum Gasteiger partial charge on any atom is -0.508 e. The molecule has 1 fully saturated rings. The zero-order valence-electron chi connectivity index (χ0n) is 9.28. The van der Waals surface area contributed by atoms with Crippen molar-refractivity contribution in [3.8, 4) is 5.75 Å². The molecule has 0 spiro atoms. The summed E-state index contributed by atoms with van der Waals surface area (Å²) >= 11 is 5.89. The third-order valence-corrected chi connectivity index (χ3v) is 3.10. The van der Waals surface area contributed by atoms with Gasteiger partial charge in [-0.15, -0.1) is 0 Å². The maximum Gasteiger partial charge on any atom is 0.252 e. The molecule has 1 aromatic carbocycles. The molecule has 2 rings (SSSR count). The van der Waals surface area contributed by atoms with Crippen molar-refractivity contribution in [2.45, 2.75) is 6.42 Å². The van der Waals surface area contributed by atoms with Gasteiger partial charge in [0.2, 0.25) is 0 Å². The number of ether oxygens (including phenoxy) is 1. The van der Waals surface area contributed by atoms with E-state index in [9.17, 15) is 9.90 Å². The van der Waals surface area contributed by atoms with Gasteiger partial charge in [-0.1, -0.05) is 11.6 Å². The third-order valence-electron chi connectivity index (χ3n) is 2.77. The van der Waals surface area contributed by atoms with Crippen LogP contribution in [0.15, 0.2) is 18.2 Å². The topological polar surface area (TPSA) is 58.6 Å². The van der Waals surface area contributed by atoms with Gasteiger partial charge in [-0.05, 0) is 24.6 Å².